The van der Waals surface area contributed by atoms with Crippen molar-refractivity contribution in [3.8, 4) is 0 Å². The normalized spacial score (nSPS) is 40.6. The number of hydrogen-bond acceptors (Lipinski definition) is 0. The maximum atomic E-state index is 2.61. The zero-order valence-corrected chi connectivity index (χ0v) is 17.1. The molecule has 0 aliphatic heterocycles. The summed E-state index contributed by atoms with van der Waals surface area (Å²) in [5, 5.41) is 0. The van der Waals surface area contributed by atoms with Crippen LogP contribution in [-0.2, 0) is 0 Å². The van der Waals surface area contributed by atoms with Crippen LogP contribution >= 0.6 is 0 Å². The first-order chi connectivity index (χ1) is 10.8. The highest BCUT2D eigenvalue weighted by Gasteiger charge is 2.37. The molecule has 0 aromatic heterocycles. The van der Waals surface area contributed by atoms with E-state index in [4.69, 9.17) is 0 Å². The summed E-state index contributed by atoms with van der Waals surface area (Å²) in [6.07, 6.45) is 10.4. The lowest BCUT2D eigenvalue weighted by molar-refractivity contribution is 0.0584. The minimum absolute atomic E-state index is 0.876. The zero-order chi connectivity index (χ0) is 17.1. The van der Waals surface area contributed by atoms with E-state index in [9.17, 15) is 0 Å². The van der Waals surface area contributed by atoms with E-state index in [0.29, 0.717) is 0 Å². The summed E-state index contributed by atoms with van der Waals surface area (Å²) in [6.45, 7) is 17.5. The first kappa shape index (κ1) is 19.3. The Morgan fingerprint density at radius 2 is 1.17 bits per heavy atom. The largest absolute Gasteiger partial charge is 0.0625 e. The van der Waals surface area contributed by atoms with Gasteiger partial charge in [-0.2, -0.15) is 0 Å². The van der Waals surface area contributed by atoms with Crippen molar-refractivity contribution in [3.63, 3.8) is 0 Å². The van der Waals surface area contributed by atoms with E-state index in [0.717, 1.165) is 53.3 Å². The van der Waals surface area contributed by atoms with E-state index >= 15 is 0 Å². The average molecular weight is 321 g/mol. The lowest BCUT2D eigenvalue weighted by Gasteiger charge is -2.44. The second-order valence-electron chi connectivity index (χ2n) is 10.3. The Morgan fingerprint density at radius 3 is 1.74 bits per heavy atom. The highest BCUT2D eigenvalue weighted by atomic mass is 14.4. The van der Waals surface area contributed by atoms with Gasteiger partial charge >= 0.3 is 0 Å². The van der Waals surface area contributed by atoms with Crippen LogP contribution in [0.1, 0.15) is 93.4 Å². The summed E-state index contributed by atoms with van der Waals surface area (Å²) >= 11 is 0. The Morgan fingerprint density at radius 1 is 0.652 bits per heavy atom. The molecule has 2 aliphatic carbocycles. The Bertz CT molecular complexity index is 342. The van der Waals surface area contributed by atoms with Gasteiger partial charge in [-0.1, -0.05) is 61.3 Å². The fraction of sp³-hybridized carbons (Fsp3) is 1.00. The summed E-state index contributed by atoms with van der Waals surface area (Å²) in [4.78, 5) is 0. The van der Waals surface area contributed by atoms with Gasteiger partial charge in [0.15, 0.2) is 0 Å². The molecule has 0 N–H and O–H groups in total. The molecule has 0 bridgehead atoms. The van der Waals surface area contributed by atoms with Gasteiger partial charge in [-0.05, 0) is 85.4 Å². The van der Waals surface area contributed by atoms with Gasteiger partial charge in [0.1, 0.15) is 0 Å². The molecule has 0 amide bonds. The second kappa shape index (κ2) is 8.39. The van der Waals surface area contributed by atoms with Gasteiger partial charge in [0.25, 0.3) is 0 Å². The predicted molar refractivity (Wildman–Crippen MR) is 103 cm³/mol. The van der Waals surface area contributed by atoms with Crippen LogP contribution in [0.3, 0.4) is 0 Å². The molecule has 0 nitrogen and oxygen atoms in total. The van der Waals surface area contributed by atoms with Gasteiger partial charge in [-0.15, -0.1) is 0 Å². The zero-order valence-electron chi connectivity index (χ0n) is 17.1. The van der Waals surface area contributed by atoms with Gasteiger partial charge in [0.05, 0.1) is 0 Å². The Hall–Kier alpha value is 0. The van der Waals surface area contributed by atoms with E-state index in [2.05, 4.69) is 48.5 Å². The SMILES string of the molecule is CC1CCC(C(C)C)C(CC(C)C2CC(C)CCC2C(C)C)C1. The van der Waals surface area contributed by atoms with Crippen LogP contribution in [-0.4, -0.2) is 0 Å². The van der Waals surface area contributed by atoms with Crippen molar-refractivity contribution >= 4 is 0 Å². The highest BCUT2D eigenvalue weighted by molar-refractivity contribution is 4.87. The monoisotopic (exact) mass is 320 g/mol. The van der Waals surface area contributed by atoms with Crippen LogP contribution in [0.15, 0.2) is 0 Å². The van der Waals surface area contributed by atoms with E-state index in [1.807, 2.05) is 0 Å². The minimum atomic E-state index is 0.876. The molecular weight excluding hydrogens is 276 g/mol. The van der Waals surface area contributed by atoms with Crippen LogP contribution in [0, 0.1) is 53.3 Å². The average Bonchev–Trinajstić information content (AvgIpc) is 2.46. The fourth-order valence-electron chi connectivity index (χ4n) is 6.25. The Kier molecular flexibility index (Phi) is 7.05. The molecule has 136 valence electrons. The molecular formula is C23H44. The highest BCUT2D eigenvalue weighted by Crippen LogP contribution is 2.47. The van der Waals surface area contributed by atoms with Gasteiger partial charge in [0.2, 0.25) is 0 Å². The van der Waals surface area contributed by atoms with Crippen molar-refractivity contribution in [1.29, 1.82) is 0 Å². The van der Waals surface area contributed by atoms with Crippen LogP contribution in [0.25, 0.3) is 0 Å². The summed E-state index contributed by atoms with van der Waals surface area (Å²) in [7, 11) is 0. The van der Waals surface area contributed by atoms with E-state index in [1.165, 1.54) is 44.9 Å². The first-order valence-electron chi connectivity index (χ1n) is 10.8. The number of hydrogen-bond donors (Lipinski definition) is 0. The molecule has 2 fully saturated rings. The molecule has 2 aliphatic rings. The Balaban J connectivity index is 2.03. The molecule has 0 heterocycles. The summed E-state index contributed by atoms with van der Waals surface area (Å²) in [5.74, 6) is 8.58. The molecule has 7 unspecified atom stereocenters. The summed E-state index contributed by atoms with van der Waals surface area (Å²) in [6, 6.07) is 0. The van der Waals surface area contributed by atoms with Gasteiger partial charge in [0, 0.05) is 0 Å². The quantitative estimate of drug-likeness (QED) is 0.494. The molecule has 7 atom stereocenters. The lowest BCUT2D eigenvalue weighted by Crippen LogP contribution is -2.35. The van der Waals surface area contributed by atoms with E-state index in [1.54, 1.807) is 0 Å². The molecule has 0 spiro atoms. The van der Waals surface area contributed by atoms with Crippen molar-refractivity contribution in [2.24, 2.45) is 53.3 Å². The first-order valence-corrected chi connectivity index (χ1v) is 10.8. The maximum Gasteiger partial charge on any atom is -0.0355 e. The lowest BCUT2D eigenvalue weighted by atomic mass is 9.61. The molecule has 0 radical (unpaired) electrons. The molecule has 23 heavy (non-hydrogen) atoms. The molecule has 0 aromatic carbocycles. The topological polar surface area (TPSA) is 0 Å². The Labute approximate surface area is 147 Å². The van der Waals surface area contributed by atoms with Gasteiger partial charge in [-0.25, -0.2) is 0 Å². The molecule has 0 saturated heterocycles. The second-order valence-corrected chi connectivity index (χ2v) is 10.3. The van der Waals surface area contributed by atoms with E-state index < -0.39 is 0 Å². The van der Waals surface area contributed by atoms with Crippen molar-refractivity contribution in [2.45, 2.75) is 93.4 Å². The van der Waals surface area contributed by atoms with Crippen LogP contribution in [0.5, 0.6) is 0 Å². The fourth-order valence-corrected chi connectivity index (χ4v) is 6.25. The van der Waals surface area contributed by atoms with Crippen molar-refractivity contribution in [2.75, 3.05) is 0 Å². The third-order valence-electron chi connectivity index (χ3n) is 7.64. The van der Waals surface area contributed by atoms with Crippen LogP contribution < -0.4 is 0 Å². The summed E-state index contributed by atoms with van der Waals surface area (Å²) in [5.41, 5.74) is 0. The van der Waals surface area contributed by atoms with Crippen LogP contribution in [0.2, 0.25) is 0 Å². The van der Waals surface area contributed by atoms with Crippen molar-refractivity contribution in [1.82, 2.24) is 0 Å². The third kappa shape index (κ3) is 4.99. The smallest absolute Gasteiger partial charge is 0.0355 e. The van der Waals surface area contributed by atoms with E-state index in [-0.39, 0.29) is 0 Å². The van der Waals surface area contributed by atoms with Crippen LogP contribution in [0.4, 0.5) is 0 Å². The maximum absolute atomic E-state index is 2.61. The molecule has 2 saturated carbocycles. The van der Waals surface area contributed by atoms with Crippen molar-refractivity contribution in [3.05, 3.63) is 0 Å². The molecule has 2 rings (SSSR count). The van der Waals surface area contributed by atoms with Crippen molar-refractivity contribution < 1.29 is 0 Å². The molecule has 0 aromatic rings. The van der Waals surface area contributed by atoms with Gasteiger partial charge < -0.3 is 0 Å². The third-order valence-corrected chi connectivity index (χ3v) is 7.64. The number of rotatable bonds is 5. The predicted octanol–water partition coefficient (Wildman–Crippen LogP) is 7.43. The summed E-state index contributed by atoms with van der Waals surface area (Å²) < 4.78 is 0. The minimum Gasteiger partial charge on any atom is -0.0625 e. The molecule has 0 heteroatoms. The standard InChI is InChI=1S/C23H44/c1-15(2)21-10-8-17(5)12-20(21)14-19(7)23-13-18(6)9-11-22(23)16(3)4/h15-23H,8-14H2,1-7H3. The van der Waals surface area contributed by atoms with Gasteiger partial charge in [-0.3, -0.25) is 0 Å².